The molecule has 7 heteroatoms. The molecule has 0 radical (unpaired) electrons. The van der Waals surface area contributed by atoms with Gasteiger partial charge in [0.2, 0.25) is 5.91 Å². The van der Waals surface area contributed by atoms with E-state index in [1.165, 1.54) is 10.6 Å². The standard InChI is InChI=1S/C12H11N3O4/c16-9-4-6(5-13-9)15-8-3-1-2-7(11(17)18)10(8)14-12(15)19/h1-3,6H,4-5H2,(H,13,16)(H,14,19)(H,17,18). The summed E-state index contributed by atoms with van der Waals surface area (Å²) in [5.41, 5.74) is 0.446. The number of hydrogen-bond donors (Lipinski definition) is 3. The van der Waals surface area contributed by atoms with Crippen molar-refractivity contribution >= 4 is 22.9 Å². The number of H-pyrrole nitrogens is 1. The lowest BCUT2D eigenvalue weighted by molar-refractivity contribution is -0.119. The lowest BCUT2D eigenvalue weighted by atomic mass is 10.1. The molecule has 1 aliphatic rings. The number of carboxylic acid groups (broad SMARTS) is 1. The first-order chi connectivity index (χ1) is 9.08. The molecule has 1 aromatic heterocycles. The lowest BCUT2D eigenvalue weighted by Crippen LogP contribution is -2.23. The van der Waals surface area contributed by atoms with Gasteiger partial charge in [0.15, 0.2) is 0 Å². The van der Waals surface area contributed by atoms with Crippen LogP contribution in [0.25, 0.3) is 11.0 Å². The molecule has 3 rings (SSSR count). The lowest BCUT2D eigenvalue weighted by Gasteiger charge is -2.09. The van der Waals surface area contributed by atoms with Crippen LogP contribution in [0.3, 0.4) is 0 Å². The summed E-state index contributed by atoms with van der Waals surface area (Å²) in [5, 5.41) is 11.8. The van der Waals surface area contributed by atoms with Crippen LogP contribution in [0.2, 0.25) is 0 Å². The van der Waals surface area contributed by atoms with E-state index in [1.54, 1.807) is 12.1 Å². The summed E-state index contributed by atoms with van der Waals surface area (Å²) >= 11 is 0. The Labute approximate surface area is 106 Å². The molecule has 1 amide bonds. The van der Waals surface area contributed by atoms with Crippen LogP contribution < -0.4 is 11.0 Å². The zero-order valence-corrected chi connectivity index (χ0v) is 9.84. The Bertz CT molecular complexity index is 743. The number of para-hydroxylation sites is 1. The molecule has 1 fully saturated rings. The van der Waals surface area contributed by atoms with Gasteiger partial charge in [0, 0.05) is 13.0 Å². The van der Waals surface area contributed by atoms with Crippen molar-refractivity contribution in [3.63, 3.8) is 0 Å². The number of carbonyl (C=O) groups excluding carboxylic acids is 1. The van der Waals surface area contributed by atoms with Crippen LogP contribution in [0, 0.1) is 0 Å². The molecule has 0 bridgehead atoms. The molecule has 2 aromatic rings. The number of aromatic amines is 1. The second-order valence-corrected chi connectivity index (χ2v) is 4.47. The predicted molar refractivity (Wildman–Crippen MR) is 66.2 cm³/mol. The SMILES string of the molecule is O=C1CC(n2c(=O)[nH]c3c(C(=O)O)cccc32)CN1. The summed E-state index contributed by atoms with van der Waals surface area (Å²) in [4.78, 5) is 36.9. The Hall–Kier alpha value is -2.57. The van der Waals surface area contributed by atoms with Crippen LogP contribution in [-0.2, 0) is 4.79 Å². The number of amides is 1. The Kier molecular flexibility index (Phi) is 2.41. The quantitative estimate of drug-likeness (QED) is 0.712. The summed E-state index contributed by atoms with van der Waals surface area (Å²) in [5.74, 6) is -1.21. The number of carboxylic acids is 1. The average molecular weight is 261 g/mol. The predicted octanol–water partition coefficient (Wildman–Crippen LogP) is 0.0888. The van der Waals surface area contributed by atoms with E-state index in [1.807, 2.05) is 0 Å². The number of benzene rings is 1. The minimum absolute atomic E-state index is 0.0469. The molecule has 1 aliphatic heterocycles. The van der Waals surface area contributed by atoms with Gasteiger partial charge in [-0.15, -0.1) is 0 Å². The second-order valence-electron chi connectivity index (χ2n) is 4.47. The molecule has 0 spiro atoms. The first-order valence-electron chi connectivity index (χ1n) is 5.81. The van der Waals surface area contributed by atoms with Crippen molar-refractivity contribution < 1.29 is 14.7 Å². The maximum Gasteiger partial charge on any atom is 0.337 e. The molecule has 0 aliphatic carbocycles. The van der Waals surface area contributed by atoms with Crippen molar-refractivity contribution in [2.75, 3.05) is 6.54 Å². The van der Waals surface area contributed by atoms with Gasteiger partial charge in [-0.1, -0.05) is 6.07 Å². The molecule has 19 heavy (non-hydrogen) atoms. The van der Waals surface area contributed by atoms with Crippen molar-refractivity contribution in [2.45, 2.75) is 12.5 Å². The normalized spacial score (nSPS) is 18.7. The Morgan fingerprint density at radius 3 is 2.79 bits per heavy atom. The molecule has 1 aromatic carbocycles. The second kappa shape index (κ2) is 3.98. The third-order valence-corrected chi connectivity index (χ3v) is 3.30. The highest BCUT2D eigenvalue weighted by atomic mass is 16.4. The zero-order chi connectivity index (χ0) is 13.6. The molecular formula is C12H11N3O4. The van der Waals surface area contributed by atoms with Gasteiger partial charge in [0.1, 0.15) is 0 Å². The van der Waals surface area contributed by atoms with Gasteiger partial charge < -0.3 is 15.4 Å². The van der Waals surface area contributed by atoms with Gasteiger partial charge in [-0.05, 0) is 12.1 Å². The van der Waals surface area contributed by atoms with E-state index < -0.39 is 11.7 Å². The highest BCUT2D eigenvalue weighted by Gasteiger charge is 2.26. The summed E-state index contributed by atoms with van der Waals surface area (Å²) in [7, 11) is 0. The zero-order valence-electron chi connectivity index (χ0n) is 9.84. The third kappa shape index (κ3) is 1.70. The first-order valence-corrected chi connectivity index (χ1v) is 5.81. The molecule has 1 atom stereocenters. The van der Waals surface area contributed by atoms with Gasteiger partial charge in [-0.3, -0.25) is 9.36 Å². The number of aromatic nitrogens is 2. The minimum atomic E-state index is -1.10. The fourth-order valence-corrected chi connectivity index (χ4v) is 2.46. The van der Waals surface area contributed by atoms with Crippen LogP contribution in [-0.4, -0.2) is 33.1 Å². The molecule has 7 nitrogen and oxygen atoms in total. The van der Waals surface area contributed by atoms with Crippen molar-refractivity contribution in [1.29, 1.82) is 0 Å². The number of nitrogens with zero attached hydrogens (tertiary/aromatic N) is 1. The summed E-state index contributed by atoms with van der Waals surface area (Å²) in [6.07, 6.45) is 0.226. The number of nitrogens with one attached hydrogen (secondary N) is 2. The van der Waals surface area contributed by atoms with Crippen molar-refractivity contribution in [3.05, 3.63) is 34.2 Å². The number of aromatic carboxylic acids is 1. The molecule has 1 saturated heterocycles. The van der Waals surface area contributed by atoms with Crippen LogP contribution in [0.4, 0.5) is 0 Å². The van der Waals surface area contributed by atoms with E-state index in [0.29, 0.717) is 17.6 Å². The molecule has 1 unspecified atom stereocenters. The number of hydrogen-bond acceptors (Lipinski definition) is 3. The number of rotatable bonds is 2. The fraction of sp³-hybridized carbons (Fsp3) is 0.250. The van der Waals surface area contributed by atoms with Crippen LogP contribution in [0.1, 0.15) is 22.8 Å². The topological polar surface area (TPSA) is 104 Å². The van der Waals surface area contributed by atoms with E-state index in [-0.39, 0.29) is 23.9 Å². The maximum absolute atomic E-state index is 12.0. The van der Waals surface area contributed by atoms with Crippen molar-refractivity contribution in [1.82, 2.24) is 14.9 Å². The minimum Gasteiger partial charge on any atom is -0.478 e. The Morgan fingerprint density at radius 2 is 2.16 bits per heavy atom. The molecule has 2 heterocycles. The van der Waals surface area contributed by atoms with Gasteiger partial charge in [-0.2, -0.15) is 0 Å². The Morgan fingerprint density at radius 1 is 1.37 bits per heavy atom. The first kappa shape index (κ1) is 11.5. The average Bonchev–Trinajstić information content (AvgIpc) is 2.90. The largest absolute Gasteiger partial charge is 0.478 e. The monoisotopic (exact) mass is 261 g/mol. The van der Waals surface area contributed by atoms with Crippen molar-refractivity contribution in [3.8, 4) is 0 Å². The van der Waals surface area contributed by atoms with Gasteiger partial charge in [0.05, 0.1) is 22.6 Å². The highest BCUT2D eigenvalue weighted by molar-refractivity contribution is 6.01. The van der Waals surface area contributed by atoms with E-state index in [2.05, 4.69) is 10.3 Å². The smallest absolute Gasteiger partial charge is 0.337 e. The highest BCUT2D eigenvalue weighted by Crippen LogP contribution is 2.22. The summed E-state index contributed by atoms with van der Waals surface area (Å²) in [6.45, 7) is 0.378. The molecule has 3 N–H and O–H groups in total. The van der Waals surface area contributed by atoms with Gasteiger partial charge in [-0.25, -0.2) is 9.59 Å². The molecule has 0 saturated carbocycles. The Balaban J connectivity index is 2.23. The van der Waals surface area contributed by atoms with E-state index in [0.717, 1.165) is 0 Å². The van der Waals surface area contributed by atoms with Crippen LogP contribution in [0.5, 0.6) is 0 Å². The third-order valence-electron chi connectivity index (χ3n) is 3.30. The summed E-state index contributed by atoms with van der Waals surface area (Å²) < 4.78 is 1.44. The van der Waals surface area contributed by atoms with Crippen LogP contribution >= 0.6 is 0 Å². The maximum atomic E-state index is 12.0. The van der Waals surface area contributed by atoms with Gasteiger partial charge >= 0.3 is 11.7 Å². The number of imidazole rings is 1. The van der Waals surface area contributed by atoms with E-state index in [9.17, 15) is 14.4 Å². The number of carbonyl (C=O) groups is 2. The van der Waals surface area contributed by atoms with E-state index in [4.69, 9.17) is 5.11 Å². The van der Waals surface area contributed by atoms with Crippen molar-refractivity contribution in [2.24, 2.45) is 0 Å². The van der Waals surface area contributed by atoms with Gasteiger partial charge in [0.25, 0.3) is 0 Å². The van der Waals surface area contributed by atoms with E-state index >= 15 is 0 Å². The van der Waals surface area contributed by atoms with Crippen LogP contribution in [0.15, 0.2) is 23.0 Å². The molecule has 98 valence electrons. The fourth-order valence-electron chi connectivity index (χ4n) is 2.46. The molecular weight excluding hydrogens is 250 g/mol. The summed E-state index contributed by atoms with van der Waals surface area (Å²) in [6, 6.07) is 4.41. The number of fused-ring (bicyclic) bond motifs is 1.